The van der Waals surface area contributed by atoms with Crippen LogP contribution in [0.2, 0.25) is 0 Å². The summed E-state index contributed by atoms with van der Waals surface area (Å²) in [6.45, 7) is 1.57. The Bertz CT molecular complexity index is 780. The predicted octanol–water partition coefficient (Wildman–Crippen LogP) is 3.86. The van der Waals surface area contributed by atoms with E-state index in [2.05, 4.69) is 71.6 Å². The van der Waals surface area contributed by atoms with Crippen molar-refractivity contribution in [2.45, 2.75) is 12.6 Å². The van der Waals surface area contributed by atoms with Gasteiger partial charge in [-0.05, 0) is 34.0 Å². The maximum absolute atomic E-state index is 6.08. The van der Waals surface area contributed by atoms with Crippen LogP contribution in [0.3, 0.4) is 0 Å². The number of rotatable bonds is 2. The van der Waals surface area contributed by atoms with Crippen LogP contribution >= 0.6 is 0 Å². The molecular weight excluding hydrogens is 256 g/mol. The molecule has 21 heavy (non-hydrogen) atoms. The number of anilines is 1. The van der Waals surface area contributed by atoms with Gasteiger partial charge in [0.2, 0.25) is 0 Å². The summed E-state index contributed by atoms with van der Waals surface area (Å²) in [5, 5.41) is 2.66. The first-order valence-corrected chi connectivity index (χ1v) is 7.41. The van der Waals surface area contributed by atoms with Gasteiger partial charge in [0.05, 0.1) is 6.04 Å². The van der Waals surface area contributed by atoms with Crippen molar-refractivity contribution in [3.8, 4) is 0 Å². The predicted molar refractivity (Wildman–Crippen MR) is 88.4 cm³/mol. The maximum Gasteiger partial charge on any atom is 0.0672 e. The lowest BCUT2D eigenvalue weighted by atomic mass is 9.98. The van der Waals surface area contributed by atoms with Gasteiger partial charge in [-0.15, -0.1) is 0 Å². The molecule has 0 saturated carbocycles. The Hall–Kier alpha value is -2.32. The van der Waals surface area contributed by atoms with E-state index in [1.54, 1.807) is 0 Å². The number of nitrogens with zero attached hydrogens (tertiary/aromatic N) is 1. The number of hydrogen-bond acceptors (Lipinski definition) is 2. The molecule has 1 atom stereocenters. The standard InChI is InChI=1S/C19H18N2/c20-12-19-17-11-10-14-6-4-5-9-16(14)18(17)13-21(19)15-7-2-1-3-8-15/h1-11,19H,12-13,20H2. The highest BCUT2D eigenvalue weighted by Crippen LogP contribution is 2.40. The lowest BCUT2D eigenvalue weighted by molar-refractivity contribution is 0.679. The minimum Gasteiger partial charge on any atom is -0.359 e. The molecule has 0 spiro atoms. The van der Waals surface area contributed by atoms with Crippen molar-refractivity contribution in [2.24, 2.45) is 5.73 Å². The van der Waals surface area contributed by atoms with E-state index in [1.807, 2.05) is 0 Å². The summed E-state index contributed by atoms with van der Waals surface area (Å²) in [6, 6.07) is 23.9. The molecule has 1 aliphatic rings. The summed E-state index contributed by atoms with van der Waals surface area (Å²) in [4.78, 5) is 2.41. The average Bonchev–Trinajstić information content (AvgIpc) is 2.94. The molecule has 1 heterocycles. The Morgan fingerprint density at radius 2 is 1.67 bits per heavy atom. The Morgan fingerprint density at radius 1 is 0.905 bits per heavy atom. The fourth-order valence-corrected chi connectivity index (χ4v) is 3.43. The van der Waals surface area contributed by atoms with E-state index in [0.717, 1.165) is 6.54 Å². The Balaban J connectivity index is 1.87. The number of hydrogen-bond donors (Lipinski definition) is 1. The minimum atomic E-state index is 0.270. The minimum absolute atomic E-state index is 0.270. The SMILES string of the molecule is NCC1c2ccc3ccccc3c2CN1c1ccccc1. The molecule has 104 valence electrons. The van der Waals surface area contributed by atoms with Crippen LogP contribution in [0, 0.1) is 0 Å². The van der Waals surface area contributed by atoms with Crippen molar-refractivity contribution in [3.05, 3.63) is 77.9 Å². The molecule has 2 N–H and O–H groups in total. The van der Waals surface area contributed by atoms with Crippen molar-refractivity contribution in [1.82, 2.24) is 0 Å². The molecule has 0 saturated heterocycles. The highest BCUT2D eigenvalue weighted by molar-refractivity contribution is 5.88. The molecule has 0 bridgehead atoms. The third-order valence-corrected chi connectivity index (χ3v) is 4.45. The first-order chi connectivity index (χ1) is 10.4. The maximum atomic E-state index is 6.08. The lowest BCUT2D eigenvalue weighted by Gasteiger charge is -2.26. The molecule has 0 amide bonds. The summed E-state index contributed by atoms with van der Waals surface area (Å²) in [5.41, 5.74) is 10.1. The number of para-hydroxylation sites is 1. The number of nitrogens with two attached hydrogens (primary N) is 1. The first kappa shape index (κ1) is 12.4. The molecule has 2 nitrogen and oxygen atoms in total. The Kier molecular flexibility index (Phi) is 2.90. The molecule has 3 aromatic carbocycles. The van der Waals surface area contributed by atoms with Crippen molar-refractivity contribution in [2.75, 3.05) is 11.4 Å². The van der Waals surface area contributed by atoms with E-state index in [-0.39, 0.29) is 6.04 Å². The molecule has 4 rings (SSSR count). The Morgan fingerprint density at radius 3 is 2.48 bits per heavy atom. The van der Waals surface area contributed by atoms with Crippen molar-refractivity contribution < 1.29 is 0 Å². The van der Waals surface area contributed by atoms with Gasteiger partial charge < -0.3 is 10.6 Å². The van der Waals surface area contributed by atoms with Gasteiger partial charge in [0.1, 0.15) is 0 Å². The van der Waals surface area contributed by atoms with Crippen LogP contribution in [0.25, 0.3) is 10.8 Å². The monoisotopic (exact) mass is 274 g/mol. The number of benzene rings is 3. The molecule has 0 aromatic heterocycles. The van der Waals surface area contributed by atoms with Crippen LogP contribution < -0.4 is 10.6 Å². The summed E-state index contributed by atoms with van der Waals surface area (Å²) in [7, 11) is 0. The van der Waals surface area contributed by atoms with E-state index in [1.165, 1.54) is 27.6 Å². The Labute approximate surface area is 124 Å². The molecule has 0 fully saturated rings. The largest absolute Gasteiger partial charge is 0.359 e. The van der Waals surface area contributed by atoms with E-state index in [0.29, 0.717) is 6.54 Å². The normalized spacial score (nSPS) is 17.2. The van der Waals surface area contributed by atoms with Crippen LogP contribution in [-0.2, 0) is 6.54 Å². The molecule has 3 aromatic rings. The van der Waals surface area contributed by atoms with Gasteiger partial charge in [0.25, 0.3) is 0 Å². The lowest BCUT2D eigenvalue weighted by Crippen LogP contribution is -2.27. The van der Waals surface area contributed by atoms with Crippen LogP contribution in [0.5, 0.6) is 0 Å². The molecule has 1 unspecified atom stereocenters. The third kappa shape index (κ3) is 1.91. The van der Waals surface area contributed by atoms with Crippen LogP contribution in [0.4, 0.5) is 5.69 Å². The average molecular weight is 274 g/mol. The molecule has 1 aliphatic heterocycles. The highest BCUT2D eigenvalue weighted by Gasteiger charge is 2.30. The van der Waals surface area contributed by atoms with Crippen molar-refractivity contribution in [3.63, 3.8) is 0 Å². The second-order valence-corrected chi connectivity index (χ2v) is 5.57. The topological polar surface area (TPSA) is 29.3 Å². The summed E-state index contributed by atoms with van der Waals surface area (Å²) < 4.78 is 0. The fourth-order valence-electron chi connectivity index (χ4n) is 3.43. The van der Waals surface area contributed by atoms with E-state index >= 15 is 0 Å². The quantitative estimate of drug-likeness (QED) is 0.769. The summed E-state index contributed by atoms with van der Waals surface area (Å²) in [6.07, 6.45) is 0. The van der Waals surface area contributed by atoms with E-state index < -0.39 is 0 Å². The van der Waals surface area contributed by atoms with Gasteiger partial charge >= 0.3 is 0 Å². The second-order valence-electron chi connectivity index (χ2n) is 5.57. The first-order valence-electron chi connectivity index (χ1n) is 7.41. The zero-order valence-corrected chi connectivity index (χ0v) is 11.9. The molecule has 2 heteroatoms. The van der Waals surface area contributed by atoms with Gasteiger partial charge in [-0.25, -0.2) is 0 Å². The highest BCUT2D eigenvalue weighted by atomic mass is 15.2. The van der Waals surface area contributed by atoms with Gasteiger partial charge in [-0.2, -0.15) is 0 Å². The third-order valence-electron chi connectivity index (χ3n) is 4.45. The van der Waals surface area contributed by atoms with Gasteiger partial charge in [0, 0.05) is 18.8 Å². The molecule has 0 aliphatic carbocycles. The van der Waals surface area contributed by atoms with Gasteiger partial charge in [0.15, 0.2) is 0 Å². The zero-order chi connectivity index (χ0) is 14.2. The summed E-state index contributed by atoms with van der Waals surface area (Å²) >= 11 is 0. The smallest absolute Gasteiger partial charge is 0.0672 e. The van der Waals surface area contributed by atoms with Gasteiger partial charge in [-0.1, -0.05) is 54.6 Å². The summed E-state index contributed by atoms with van der Waals surface area (Å²) in [5.74, 6) is 0. The molecule has 0 radical (unpaired) electrons. The van der Waals surface area contributed by atoms with Crippen LogP contribution in [0.1, 0.15) is 17.2 Å². The van der Waals surface area contributed by atoms with Gasteiger partial charge in [-0.3, -0.25) is 0 Å². The molecular formula is C19H18N2. The fraction of sp³-hybridized carbons (Fsp3) is 0.158. The van der Waals surface area contributed by atoms with E-state index in [9.17, 15) is 0 Å². The van der Waals surface area contributed by atoms with E-state index in [4.69, 9.17) is 5.73 Å². The zero-order valence-electron chi connectivity index (χ0n) is 11.9. The number of fused-ring (bicyclic) bond motifs is 3. The second kappa shape index (κ2) is 4.90. The van der Waals surface area contributed by atoms with Crippen molar-refractivity contribution >= 4 is 16.5 Å². The van der Waals surface area contributed by atoms with Crippen LogP contribution in [-0.4, -0.2) is 6.54 Å². The van der Waals surface area contributed by atoms with Crippen LogP contribution in [0.15, 0.2) is 66.7 Å². The van der Waals surface area contributed by atoms with Crippen molar-refractivity contribution in [1.29, 1.82) is 0 Å².